The number of carboxylic acid groups (broad SMARTS) is 1. The number of amides is 1. The van der Waals surface area contributed by atoms with E-state index in [1.54, 1.807) is 0 Å². The maximum absolute atomic E-state index is 13.4. The summed E-state index contributed by atoms with van der Waals surface area (Å²) >= 11 is 0. The first-order valence-corrected chi connectivity index (χ1v) is 7.55. The minimum absolute atomic E-state index is 0.000216. The van der Waals surface area contributed by atoms with E-state index in [0.29, 0.717) is 37.9 Å². The van der Waals surface area contributed by atoms with E-state index in [1.807, 2.05) is 0 Å². The number of carbonyl (C=O) groups excluding carboxylic acids is 1. The van der Waals surface area contributed by atoms with Crippen molar-refractivity contribution in [1.29, 1.82) is 0 Å². The lowest BCUT2D eigenvalue weighted by atomic mass is 9.97. The molecule has 0 radical (unpaired) electrons. The molecule has 0 saturated carbocycles. The Balaban J connectivity index is 2.14. The van der Waals surface area contributed by atoms with E-state index < -0.39 is 29.4 Å². The number of likely N-dealkylation sites (tertiary alicyclic amines) is 1. The van der Waals surface area contributed by atoms with E-state index in [4.69, 9.17) is 5.11 Å². The number of rotatable bonds is 3. The van der Waals surface area contributed by atoms with Crippen LogP contribution >= 0.6 is 0 Å². The van der Waals surface area contributed by atoms with Gasteiger partial charge in [0.25, 0.3) is 5.91 Å². The molecule has 1 aromatic carbocycles. The lowest BCUT2D eigenvalue weighted by molar-refractivity contribution is -0.138. The third-order valence-corrected chi connectivity index (χ3v) is 4.07. The Morgan fingerprint density at radius 2 is 1.88 bits per heavy atom. The number of benzene rings is 1. The number of aliphatic carboxylic acids is 1. The fourth-order valence-electron chi connectivity index (χ4n) is 2.88. The maximum Gasteiger partial charge on any atom is 0.416 e. The van der Waals surface area contributed by atoms with Gasteiger partial charge in [-0.2, -0.15) is 13.2 Å². The molecule has 0 aromatic heterocycles. The molecular weight excluding hydrogens is 330 g/mol. The van der Waals surface area contributed by atoms with Crippen molar-refractivity contribution in [2.75, 3.05) is 13.1 Å². The molecule has 1 atom stereocenters. The Morgan fingerprint density at radius 1 is 1.17 bits per heavy atom. The molecule has 2 rings (SSSR count). The molecule has 1 N–H and O–H groups in total. The highest BCUT2D eigenvalue weighted by atomic mass is 19.4. The Morgan fingerprint density at radius 3 is 2.50 bits per heavy atom. The number of alkyl halides is 3. The van der Waals surface area contributed by atoms with Gasteiger partial charge in [-0.25, -0.2) is 4.39 Å². The second-order valence-corrected chi connectivity index (χ2v) is 5.91. The van der Waals surface area contributed by atoms with Crippen LogP contribution in [0.5, 0.6) is 0 Å². The molecule has 132 valence electrons. The number of hydrogen-bond acceptors (Lipinski definition) is 2. The monoisotopic (exact) mass is 347 g/mol. The first-order chi connectivity index (χ1) is 11.2. The minimum Gasteiger partial charge on any atom is -0.481 e. The zero-order valence-electron chi connectivity index (χ0n) is 12.8. The Hall–Kier alpha value is -2.12. The average molecular weight is 347 g/mol. The Kier molecular flexibility index (Phi) is 5.46. The van der Waals surface area contributed by atoms with E-state index in [2.05, 4.69) is 0 Å². The van der Waals surface area contributed by atoms with Gasteiger partial charge in [0.1, 0.15) is 5.82 Å². The zero-order valence-corrected chi connectivity index (χ0v) is 12.8. The summed E-state index contributed by atoms with van der Waals surface area (Å²) in [5.74, 6) is -2.78. The van der Waals surface area contributed by atoms with Crippen LogP contribution in [0.2, 0.25) is 0 Å². The maximum atomic E-state index is 13.4. The quantitative estimate of drug-likeness (QED) is 0.851. The normalized spacial score (nSPS) is 19.0. The Bertz CT molecular complexity index is 630. The van der Waals surface area contributed by atoms with E-state index >= 15 is 0 Å². The predicted octanol–water partition coefficient (Wildman–Crippen LogP) is 3.56. The van der Waals surface area contributed by atoms with E-state index in [1.165, 1.54) is 4.90 Å². The highest BCUT2D eigenvalue weighted by Crippen LogP contribution is 2.31. The molecule has 1 aliphatic heterocycles. The van der Waals surface area contributed by atoms with Crippen LogP contribution in [-0.2, 0) is 11.0 Å². The lowest BCUT2D eigenvalue weighted by Gasteiger charge is -2.21. The topological polar surface area (TPSA) is 57.6 Å². The van der Waals surface area contributed by atoms with Crippen molar-refractivity contribution >= 4 is 11.9 Å². The molecule has 8 heteroatoms. The summed E-state index contributed by atoms with van der Waals surface area (Å²) in [6.45, 7) is 0.557. The van der Waals surface area contributed by atoms with Crippen LogP contribution < -0.4 is 0 Å². The summed E-state index contributed by atoms with van der Waals surface area (Å²) in [6.07, 6.45) is -3.08. The van der Waals surface area contributed by atoms with Crippen LogP contribution in [0.15, 0.2) is 18.2 Å². The summed E-state index contributed by atoms with van der Waals surface area (Å²) in [7, 11) is 0. The molecule has 4 nitrogen and oxygen atoms in total. The van der Waals surface area contributed by atoms with Gasteiger partial charge in [-0.1, -0.05) is 0 Å². The van der Waals surface area contributed by atoms with Crippen LogP contribution in [0.4, 0.5) is 17.6 Å². The average Bonchev–Trinajstić information content (AvgIpc) is 2.70. The Labute approximate surface area is 136 Å². The zero-order chi connectivity index (χ0) is 17.9. The lowest BCUT2D eigenvalue weighted by Crippen LogP contribution is -2.32. The number of halogens is 4. The van der Waals surface area contributed by atoms with Crippen LogP contribution in [0.1, 0.15) is 41.6 Å². The van der Waals surface area contributed by atoms with Gasteiger partial charge in [0, 0.05) is 25.1 Å². The van der Waals surface area contributed by atoms with Crippen molar-refractivity contribution in [2.45, 2.75) is 31.9 Å². The fourth-order valence-corrected chi connectivity index (χ4v) is 2.88. The smallest absolute Gasteiger partial charge is 0.416 e. The van der Waals surface area contributed by atoms with Gasteiger partial charge in [-0.05, 0) is 43.4 Å². The summed E-state index contributed by atoms with van der Waals surface area (Å²) in [5.41, 5.74) is -1.55. The van der Waals surface area contributed by atoms with Crippen LogP contribution in [0.3, 0.4) is 0 Å². The molecule has 1 heterocycles. The van der Waals surface area contributed by atoms with Crippen molar-refractivity contribution in [2.24, 2.45) is 5.92 Å². The fraction of sp³-hybridized carbons (Fsp3) is 0.500. The second-order valence-electron chi connectivity index (χ2n) is 5.91. The van der Waals surface area contributed by atoms with Gasteiger partial charge in [0.2, 0.25) is 0 Å². The van der Waals surface area contributed by atoms with Crippen LogP contribution in [0.25, 0.3) is 0 Å². The van der Waals surface area contributed by atoms with E-state index in [0.717, 1.165) is 6.07 Å². The molecule has 1 fully saturated rings. The van der Waals surface area contributed by atoms with Crippen LogP contribution in [-0.4, -0.2) is 35.0 Å². The molecule has 0 spiro atoms. The third kappa shape index (κ3) is 4.69. The first kappa shape index (κ1) is 18.2. The molecule has 1 aliphatic rings. The summed E-state index contributed by atoms with van der Waals surface area (Å²) in [5, 5.41) is 8.82. The molecular formula is C16H17F4NO3. The molecule has 0 bridgehead atoms. The van der Waals surface area contributed by atoms with Crippen molar-refractivity contribution in [3.8, 4) is 0 Å². The molecule has 1 amide bonds. The van der Waals surface area contributed by atoms with Gasteiger partial charge in [-0.15, -0.1) is 0 Å². The van der Waals surface area contributed by atoms with E-state index in [-0.39, 0.29) is 24.4 Å². The van der Waals surface area contributed by atoms with Gasteiger partial charge in [-0.3, -0.25) is 9.59 Å². The number of hydrogen-bond donors (Lipinski definition) is 1. The molecule has 1 aromatic rings. The molecule has 0 aliphatic carbocycles. The molecule has 1 saturated heterocycles. The molecule has 0 unspecified atom stereocenters. The van der Waals surface area contributed by atoms with Gasteiger partial charge < -0.3 is 10.0 Å². The minimum atomic E-state index is -4.73. The van der Waals surface area contributed by atoms with Gasteiger partial charge >= 0.3 is 12.1 Å². The van der Waals surface area contributed by atoms with Gasteiger partial charge in [0.05, 0.1) is 5.56 Å². The predicted molar refractivity (Wildman–Crippen MR) is 76.9 cm³/mol. The van der Waals surface area contributed by atoms with Crippen molar-refractivity contribution < 1.29 is 32.3 Å². The van der Waals surface area contributed by atoms with Crippen molar-refractivity contribution in [3.05, 3.63) is 35.1 Å². The summed E-state index contributed by atoms with van der Waals surface area (Å²) in [6, 6.07) is 1.78. The standard InChI is InChI=1S/C16H17F4NO3/c17-13-8-11(7-12(9-13)16(18,19)20)15(24)21-4-1-2-10(3-5-21)6-14(22)23/h7-10H,1-6H2,(H,22,23)/t10-/m0/s1. The second kappa shape index (κ2) is 7.19. The summed E-state index contributed by atoms with van der Waals surface area (Å²) in [4.78, 5) is 24.5. The highest BCUT2D eigenvalue weighted by Gasteiger charge is 2.32. The van der Waals surface area contributed by atoms with E-state index in [9.17, 15) is 27.2 Å². The molecule has 24 heavy (non-hydrogen) atoms. The van der Waals surface area contributed by atoms with Crippen LogP contribution in [0, 0.1) is 11.7 Å². The van der Waals surface area contributed by atoms with Crippen molar-refractivity contribution in [1.82, 2.24) is 4.90 Å². The largest absolute Gasteiger partial charge is 0.481 e. The number of carbonyl (C=O) groups is 2. The third-order valence-electron chi connectivity index (χ3n) is 4.07. The number of carboxylic acids is 1. The first-order valence-electron chi connectivity index (χ1n) is 7.55. The highest BCUT2D eigenvalue weighted by molar-refractivity contribution is 5.94. The van der Waals surface area contributed by atoms with Gasteiger partial charge in [0.15, 0.2) is 0 Å². The number of nitrogens with zero attached hydrogens (tertiary/aromatic N) is 1. The van der Waals surface area contributed by atoms with Crippen molar-refractivity contribution in [3.63, 3.8) is 0 Å². The summed E-state index contributed by atoms with van der Waals surface area (Å²) < 4.78 is 51.7. The SMILES string of the molecule is O=C(O)C[C@H]1CCCN(C(=O)c2cc(F)cc(C(F)(F)F)c2)CC1.